The van der Waals surface area contributed by atoms with Crippen LogP contribution in [0.15, 0.2) is 0 Å². The number of hydrogen-bond acceptors (Lipinski definition) is 3. The number of carbonyl (C=O) groups is 2. The van der Waals surface area contributed by atoms with Gasteiger partial charge in [0.05, 0.1) is 12.1 Å². The standard InChI is InChI=1S/C14H20F3N3O3/c1-8(2)19(6-13(22)23)12(21)5-11-9(3)18-20(10(11)4)7-14(15,16)17/h8H,5-7H2,1-4H3,(H,22,23). The van der Waals surface area contributed by atoms with Crippen molar-refractivity contribution in [3.05, 3.63) is 17.0 Å². The van der Waals surface area contributed by atoms with Crippen molar-refractivity contribution in [2.24, 2.45) is 0 Å². The van der Waals surface area contributed by atoms with Gasteiger partial charge in [-0.15, -0.1) is 0 Å². The normalized spacial score (nSPS) is 11.8. The van der Waals surface area contributed by atoms with Gasteiger partial charge < -0.3 is 10.0 Å². The smallest absolute Gasteiger partial charge is 0.408 e. The molecule has 0 spiro atoms. The van der Waals surface area contributed by atoms with Crippen molar-refractivity contribution in [3.63, 3.8) is 0 Å². The molecule has 1 rings (SSSR count). The van der Waals surface area contributed by atoms with Crippen molar-refractivity contribution in [2.75, 3.05) is 6.54 Å². The number of aryl methyl sites for hydroxylation is 1. The van der Waals surface area contributed by atoms with Crippen molar-refractivity contribution in [3.8, 4) is 0 Å². The molecule has 23 heavy (non-hydrogen) atoms. The molecule has 0 fully saturated rings. The van der Waals surface area contributed by atoms with Gasteiger partial charge in [-0.25, -0.2) is 0 Å². The zero-order chi connectivity index (χ0) is 17.9. The van der Waals surface area contributed by atoms with Gasteiger partial charge in [-0.1, -0.05) is 0 Å². The van der Waals surface area contributed by atoms with Gasteiger partial charge >= 0.3 is 12.1 Å². The number of aliphatic carboxylic acids is 1. The van der Waals surface area contributed by atoms with E-state index in [9.17, 15) is 22.8 Å². The van der Waals surface area contributed by atoms with Crippen LogP contribution in [0.5, 0.6) is 0 Å². The molecule has 0 saturated carbocycles. The third-order valence-electron chi connectivity index (χ3n) is 3.44. The van der Waals surface area contributed by atoms with Gasteiger partial charge in [-0.05, 0) is 27.7 Å². The molecule has 0 atom stereocenters. The minimum atomic E-state index is -4.40. The van der Waals surface area contributed by atoms with Crippen LogP contribution in [0.2, 0.25) is 0 Å². The van der Waals surface area contributed by atoms with Crippen LogP contribution in [0.4, 0.5) is 13.2 Å². The second-order valence-electron chi connectivity index (χ2n) is 5.61. The lowest BCUT2D eigenvalue weighted by Gasteiger charge is -2.25. The molecule has 0 unspecified atom stereocenters. The summed E-state index contributed by atoms with van der Waals surface area (Å²) in [5.41, 5.74) is 0.988. The molecule has 0 aliphatic rings. The zero-order valence-corrected chi connectivity index (χ0v) is 13.4. The summed E-state index contributed by atoms with van der Waals surface area (Å²) in [5.74, 6) is -1.60. The number of aromatic nitrogens is 2. The van der Waals surface area contributed by atoms with Crippen LogP contribution in [0.25, 0.3) is 0 Å². The highest BCUT2D eigenvalue weighted by Crippen LogP contribution is 2.22. The summed E-state index contributed by atoms with van der Waals surface area (Å²) in [7, 11) is 0. The molecule has 1 heterocycles. The minimum absolute atomic E-state index is 0.180. The Labute approximate surface area is 131 Å². The number of halogens is 3. The largest absolute Gasteiger partial charge is 0.480 e. The average Bonchev–Trinajstić information content (AvgIpc) is 2.61. The third kappa shape index (κ3) is 5.26. The average molecular weight is 335 g/mol. The topological polar surface area (TPSA) is 75.4 Å². The predicted molar refractivity (Wildman–Crippen MR) is 75.9 cm³/mol. The van der Waals surface area contributed by atoms with Gasteiger partial charge in [0.2, 0.25) is 5.91 Å². The van der Waals surface area contributed by atoms with Gasteiger partial charge in [0, 0.05) is 17.3 Å². The first-order valence-corrected chi connectivity index (χ1v) is 7.03. The number of carbonyl (C=O) groups excluding carboxylic acids is 1. The molecular formula is C14H20F3N3O3. The summed E-state index contributed by atoms with van der Waals surface area (Å²) in [6, 6.07) is -0.329. The van der Waals surface area contributed by atoms with Crippen LogP contribution in [-0.4, -0.2) is 50.4 Å². The van der Waals surface area contributed by atoms with Crippen LogP contribution in [0, 0.1) is 13.8 Å². The monoisotopic (exact) mass is 335 g/mol. The minimum Gasteiger partial charge on any atom is -0.480 e. The Hall–Kier alpha value is -2.06. The maximum absolute atomic E-state index is 12.5. The summed E-state index contributed by atoms with van der Waals surface area (Å²) in [4.78, 5) is 24.3. The van der Waals surface area contributed by atoms with E-state index < -0.39 is 31.1 Å². The lowest BCUT2D eigenvalue weighted by Crippen LogP contribution is -2.41. The summed E-state index contributed by atoms with van der Waals surface area (Å²) in [6.45, 7) is 4.66. The third-order valence-corrected chi connectivity index (χ3v) is 3.44. The van der Waals surface area contributed by atoms with Gasteiger partial charge in [0.1, 0.15) is 13.1 Å². The molecule has 0 aliphatic heterocycles. The van der Waals surface area contributed by atoms with E-state index in [4.69, 9.17) is 5.11 Å². The quantitative estimate of drug-likeness (QED) is 0.862. The van der Waals surface area contributed by atoms with Crippen LogP contribution < -0.4 is 0 Å². The fourth-order valence-corrected chi connectivity index (χ4v) is 2.27. The molecule has 1 aromatic heterocycles. The van der Waals surface area contributed by atoms with E-state index in [1.54, 1.807) is 13.8 Å². The Morgan fingerprint density at radius 2 is 1.87 bits per heavy atom. The highest BCUT2D eigenvalue weighted by Gasteiger charge is 2.30. The maximum Gasteiger partial charge on any atom is 0.408 e. The number of carboxylic acid groups (broad SMARTS) is 1. The number of nitrogens with zero attached hydrogens (tertiary/aromatic N) is 3. The van der Waals surface area contributed by atoms with Gasteiger partial charge in [0.15, 0.2) is 0 Å². The van der Waals surface area contributed by atoms with Crippen LogP contribution >= 0.6 is 0 Å². The molecule has 0 radical (unpaired) electrons. The summed E-state index contributed by atoms with van der Waals surface area (Å²) >= 11 is 0. The first-order chi connectivity index (χ1) is 10.4. The molecule has 0 saturated heterocycles. The molecule has 1 N–H and O–H groups in total. The van der Waals surface area contributed by atoms with Gasteiger partial charge in [-0.2, -0.15) is 18.3 Å². The molecule has 9 heteroatoms. The van der Waals surface area contributed by atoms with Crippen LogP contribution in [0.1, 0.15) is 30.8 Å². The van der Waals surface area contributed by atoms with E-state index in [0.29, 0.717) is 11.3 Å². The summed E-state index contributed by atoms with van der Waals surface area (Å²) in [5, 5.41) is 12.7. The molecule has 130 valence electrons. The van der Waals surface area contributed by atoms with Crippen molar-refractivity contribution in [1.29, 1.82) is 0 Å². The Bertz CT molecular complexity index is 594. The Kier molecular flexibility index (Phi) is 5.79. The van der Waals surface area contributed by atoms with E-state index in [0.717, 1.165) is 4.68 Å². The molecule has 0 aromatic carbocycles. The zero-order valence-electron chi connectivity index (χ0n) is 13.4. The lowest BCUT2D eigenvalue weighted by molar-refractivity contribution is -0.145. The van der Waals surface area contributed by atoms with Crippen molar-refractivity contribution in [1.82, 2.24) is 14.7 Å². The highest BCUT2D eigenvalue weighted by atomic mass is 19.4. The number of hydrogen-bond donors (Lipinski definition) is 1. The molecule has 1 amide bonds. The number of amides is 1. The van der Waals surface area contributed by atoms with Gasteiger partial charge in [-0.3, -0.25) is 14.3 Å². The SMILES string of the molecule is Cc1nn(CC(F)(F)F)c(C)c1CC(=O)N(CC(=O)O)C(C)C. The van der Waals surface area contributed by atoms with Crippen LogP contribution in [0.3, 0.4) is 0 Å². The van der Waals surface area contributed by atoms with E-state index in [-0.39, 0.29) is 18.2 Å². The van der Waals surface area contributed by atoms with Crippen molar-refractivity contribution in [2.45, 2.75) is 52.9 Å². The molecule has 0 bridgehead atoms. The second-order valence-corrected chi connectivity index (χ2v) is 5.61. The molecule has 0 aliphatic carbocycles. The van der Waals surface area contributed by atoms with Crippen molar-refractivity contribution >= 4 is 11.9 Å². The van der Waals surface area contributed by atoms with E-state index in [1.807, 2.05) is 0 Å². The molecule has 1 aromatic rings. The maximum atomic E-state index is 12.5. The van der Waals surface area contributed by atoms with Crippen molar-refractivity contribution < 1.29 is 27.9 Å². The lowest BCUT2D eigenvalue weighted by atomic mass is 10.1. The Morgan fingerprint density at radius 3 is 2.30 bits per heavy atom. The van der Waals surface area contributed by atoms with Gasteiger partial charge in [0.25, 0.3) is 0 Å². The highest BCUT2D eigenvalue weighted by molar-refractivity contribution is 5.83. The first-order valence-electron chi connectivity index (χ1n) is 7.03. The van der Waals surface area contributed by atoms with E-state index >= 15 is 0 Å². The fourth-order valence-electron chi connectivity index (χ4n) is 2.27. The molecule has 6 nitrogen and oxygen atoms in total. The Morgan fingerprint density at radius 1 is 1.30 bits per heavy atom. The fraction of sp³-hybridized carbons (Fsp3) is 0.643. The van der Waals surface area contributed by atoms with E-state index in [2.05, 4.69) is 5.10 Å². The van der Waals surface area contributed by atoms with Crippen LogP contribution in [-0.2, 0) is 22.6 Å². The Balaban J connectivity index is 2.99. The molecular weight excluding hydrogens is 315 g/mol. The predicted octanol–water partition coefficient (Wildman–Crippen LogP) is 1.93. The van der Waals surface area contributed by atoms with E-state index in [1.165, 1.54) is 18.7 Å². The first kappa shape index (κ1) is 19.0. The summed E-state index contributed by atoms with van der Waals surface area (Å²) in [6.07, 6.45) is -4.58. The number of alkyl halides is 3. The second kappa shape index (κ2) is 7.01. The number of rotatable bonds is 6. The summed E-state index contributed by atoms with van der Waals surface area (Å²) < 4.78 is 38.3. The number of carboxylic acids is 1.